The van der Waals surface area contributed by atoms with Crippen molar-refractivity contribution in [2.24, 2.45) is 0 Å². The summed E-state index contributed by atoms with van der Waals surface area (Å²) < 4.78 is 5.76. The zero-order valence-electron chi connectivity index (χ0n) is 14.5. The molecule has 25 heavy (non-hydrogen) atoms. The first-order valence-electron chi connectivity index (χ1n) is 8.41. The van der Waals surface area contributed by atoms with Crippen molar-refractivity contribution in [3.05, 3.63) is 24.3 Å². The Kier molecular flexibility index (Phi) is 6.62. The van der Waals surface area contributed by atoms with Crippen molar-refractivity contribution in [1.82, 2.24) is 16.0 Å². The van der Waals surface area contributed by atoms with E-state index in [1.165, 1.54) is 0 Å². The highest BCUT2D eigenvalue weighted by Gasteiger charge is 2.31. The largest absolute Gasteiger partial charge is 0.477 e. The van der Waals surface area contributed by atoms with Gasteiger partial charge in [0.15, 0.2) is 6.10 Å². The van der Waals surface area contributed by atoms with E-state index in [1.54, 1.807) is 24.0 Å². The number of anilines is 1. The van der Waals surface area contributed by atoms with Gasteiger partial charge in [-0.1, -0.05) is 19.1 Å². The molecule has 0 saturated heterocycles. The average Bonchev–Trinajstić information content (AvgIpc) is 2.59. The fourth-order valence-electron chi connectivity index (χ4n) is 2.50. The first-order chi connectivity index (χ1) is 12.0. The Hall–Kier alpha value is -2.77. The van der Waals surface area contributed by atoms with Gasteiger partial charge in [-0.15, -0.1) is 0 Å². The SMILES string of the molecule is CCCNC(=O)[C@@H]1CN(CC(=O)NC(=O)NCC)c2ccccc2O1. The van der Waals surface area contributed by atoms with Gasteiger partial charge in [-0.05, 0) is 25.5 Å². The molecule has 2 rings (SSSR count). The van der Waals surface area contributed by atoms with Crippen LogP contribution in [-0.4, -0.2) is 50.1 Å². The Morgan fingerprint density at radius 1 is 1.20 bits per heavy atom. The third-order valence-corrected chi connectivity index (χ3v) is 3.63. The number of nitrogens with one attached hydrogen (secondary N) is 3. The monoisotopic (exact) mass is 348 g/mol. The number of amides is 4. The number of ether oxygens (including phenoxy) is 1. The number of rotatable bonds is 6. The van der Waals surface area contributed by atoms with E-state index < -0.39 is 18.0 Å². The Balaban J connectivity index is 2.08. The Morgan fingerprint density at radius 3 is 2.68 bits per heavy atom. The Labute approximate surface area is 146 Å². The molecule has 8 heteroatoms. The van der Waals surface area contributed by atoms with Crippen LogP contribution in [0.25, 0.3) is 0 Å². The molecule has 8 nitrogen and oxygen atoms in total. The minimum absolute atomic E-state index is 0.0466. The smallest absolute Gasteiger partial charge is 0.321 e. The van der Waals surface area contributed by atoms with Crippen molar-refractivity contribution < 1.29 is 19.1 Å². The molecule has 0 fully saturated rings. The van der Waals surface area contributed by atoms with E-state index in [1.807, 2.05) is 19.1 Å². The topological polar surface area (TPSA) is 99.8 Å². The van der Waals surface area contributed by atoms with Gasteiger partial charge >= 0.3 is 6.03 Å². The highest BCUT2D eigenvalue weighted by molar-refractivity contribution is 5.96. The molecule has 136 valence electrons. The van der Waals surface area contributed by atoms with Crippen LogP contribution in [0.4, 0.5) is 10.5 Å². The van der Waals surface area contributed by atoms with E-state index in [-0.39, 0.29) is 19.0 Å². The second kappa shape index (κ2) is 8.91. The van der Waals surface area contributed by atoms with Crippen LogP contribution in [0, 0.1) is 0 Å². The predicted octanol–water partition coefficient (Wildman–Crippen LogP) is 0.626. The molecule has 0 saturated carbocycles. The van der Waals surface area contributed by atoms with E-state index in [4.69, 9.17) is 4.74 Å². The lowest BCUT2D eigenvalue weighted by molar-refractivity contribution is -0.128. The van der Waals surface area contributed by atoms with E-state index in [0.717, 1.165) is 6.42 Å². The van der Waals surface area contributed by atoms with Gasteiger partial charge in [-0.2, -0.15) is 0 Å². The highest BCUT2D eigenvalue weighted by atomic mass is 16.5. The standard InChI is InChI=1S/C17H24N4O4/c1-3-9-19-16(23)14-10-21(11-15(22)20-17(24)18-4-2)12-7-5-6-8-13(12)25-14/h5-8,14H,3-4,9-11H2,1-2H3,(H,19,23)(H2,18,20,22,24)/t14-/m0/s1. The Bertz CT molecular complexity index is 635. The normalized spacial score (nSPS) is 15.6. The lowest BCUT2D eigenvalue weighted by atomic mass is 10.1. The van der Waals surface area contributed by atoms with Crippen LogP contribution in [0.2, 0.25) is 0 Å². The number of para-hydroxylation sites is 2. The number of fused-ring (bicyclic) bond motifs is 1. The van der Waals surface area contributed by atoms with E-state index in [9.17, 15) is 14.4 Å². The number of hydrogen-bond donors (Lipinski definition) is 3. The quantitative estimate of drug-likeness (QED) is 0.700. The maximum absolute atomic E-state index is 12.2. The van der Waals surface area contributed by atoms with Crippen molar-refractivity contribution in [3.8, 4) is 5.75 Å². The molecule has 1 aliphatic rings. The van der Waals surface area contributed by atoms with Crippen molar-refractivity contribution in [3.63, 3.8) is 0 Å². The van der Waals surface area contributed by atoms with Gasteiger partial charge in [-0.3, -0.25) is 14.9 Å². The zero-order valence-corrected chi connectivity index (χ0v) is 14.5. The first kappa shape index (κ1) is 18.6. The minimum Gasteiger partial charge on any atom is -0.477 e. The van der Waals surface area contributed by atoms with Crippen LogP contribution in [0.1, 0.15) is 20.3 Å². The molecule has 0 radical (unpaired) electrons. The number of nitrogens with zero attached hydrogens (tertiary/aromatic N) is 1. The second-order valence-corrected chi connectivity index (χ2v) is 5.65. The molecule has 1 aromatic rings. The summed E-state index contributed by atoms with van der Waals surface area (Å²) >= 11 is 0. The number of carbonyl (C=O) groups excluding carboxylic acids is 3. The molecule has 3 N–H and O–H groups in total. The molecule has 0 spiro atoms. The molecule has 0 aliphatic carbocycles. The maximum atomic E-state index is 12.2. The van der Waals surface area contributed by atoms with Gasteiger partial charge in [0.25, 0.3) is 5.91 Å². The van der Waals surface area contributed by atoms with Crippen molar-refractivity contribution in [1.29, 1.82) is 0 Å². The van der Waals surface area contributed by atoms with Crippen LogP contribution in [0.5, 0.6) is 5.75 Å². The van der Waals surface area contributed by atoms with Crippen LogP contribution in [0.15, 0.2) is 24.3 Å². The number of hydrogen-bond acceptors (Lipinski definition) is 5. The average molecular weight is 348 g/mol. The molecule has 1 atom stereocenters. The lowest BCUT2D eigenvalue weighted by Crippen LogP contribution is -2.52. The first-order valence-corrected chi connectivity index (χ1v) is 8.41. The predicted molar refractivity (Wildman–Crippen MR) is 93.6 cm³/mol. The highest BCUT2D eigenvalue weighted by Crippen LogP contribution is 2.32. The summed E-state index contributed by atoms with van der Waals surface area (Å²) in [6, 6.07) is 6.66. The molecule has 0 aromatic heterocycles. The summed E-state index contributed by atoms with van der Waals surface area (Å²) in [6.45, 7) is 4.92. The van der Waals surface area contributed by atoms with Gasteiger partial charge < -0.3 is 20.3 Å². The fraction of sp³-hybridized carbons (Fsp3) is 0.471. The Morgan fingerprint density at radius 2 is 1.96 bits per heavy atom. The van der Waals surface area contributed by atoms with Gasteiger partial charge in [0, 0.05) is 13.1 Å². The van der Waals surface area contributed by atoms with Crippen LogP contribution in [-0.2, 0) is 9.59 Å². The number of benzene rings is 1. The number of carbonyl (C=O) groups is 3. The van der Waals surface area contributed by atoms with Crippen LogP contribution >= 0.6 is 0 Å². The molecule has 1 aromatic carbocycles. The summed E-state index contributed by atoms with van der Waals surface area (Å²) in [7, 11) is 0. The lowest BCUT2D eigenvalue weighted by Gasteiger charge is -2.35. The third kappa shape index (κ3) is 5.10. The molecule has 1 aliphatic heterocycles. The summed E-state index contributed by atoms with van der Waals surface area (Å²) in [5.74, 6) is -0.128. The summed E-state index contributed by atoms with van der Waals surface area (Å²) in [4.78, 5) is 37.6. The van der Waals surface area contributed by atoms with E-state index in [0.29, 0.717) is 24.5 Å². The van der Waals surface area contributed by atoms with Gasteiger partial charge in [0.05, 0.1) is 18.8 Å². The molecular formula is C17H24N4O4. The molecule has 1 heterocycles. The number of imide groups is 1. The van der Waals surface area contributed by atoms with Crippen LogP contribution in [0.3, 0.4) is 0 Å². The van der Waals surface area contributed by atoms with E-state index in [2.05, 4.69) is 16.0 Å². The summed E-state index contributed by atoms with van der Waals surface area (Å²) in [5.41, 5.74) is 0.716. The third-order valence-electron chi connectivity index (χ3n) is 3.63. The van der Waals surface area contributed by atoms with Gasteiger partial charge in [0.1, 0.15) is 5.75 Å². The van der Waals surface area contributed by atoms with E-state index >= 15 is 0 Å². The number of urea groups is 1. The summed E-state index contributed by atoms with van der Waals surface area (Å²) in [5, 5.41) is 7.57. The van der Waals surface area contributed by atoms with Gasteiger partial charge in [0.2, 0.25) is 5.91 Å². The fourth-order valence-corrected chi connectivity index (χ4v) is 2.50. The zero-order chi connectivity index (χ0) is 18.2. The van der Waals surface area contributed by atoms with Crippen molar-refractivity contribution in [2.45, 2.75) is 26.4 Å². The minimum atomic E-state index is -0.710. The van der Waals surface area contributed by atoms with Crippen molar-refractivity contribution >= 4 is 23.5 Å². The van der Waals surface area contributed by atoms with Gasteiger partial charge in [-0.25, -0.2) is 4.79 Å². The molecule has 0 bridgehead atoms. The summed E-state index contributed by atoms with van der Waals surface area (Å²) in [6.07, 6.45) is 0.118. The second-order valence-electron chi connectivity index (χ2n) is 5.65. The molecule has 0 unspecified atom stereocenters. The van der Waals surface area contributed by atoms with Crippen LogP contribution < -0.4 is 25.6 Å². The molecular weight excluding hydrogens is 324 g/mol. The van der Waals surface area contributed by atoms with Crippen molar-refractivity contribution in [2.75, 3.05) is 31.1 Å². The maximum Gasteiger partial charge on any atom is 0.321 e. The molecule has 4 amide bonds.